The smallest absolute Gasteiger partial charge is 0.270 e. The number of benzene rings is 1. The van der Waals surface area contributed by atoms with Crippen LogP contribution in [0.15, 0.2) is 36.5 Å². The fraction of sp³-hybridized carbons (Fsp3) is 0.333. The minimum atomic E-state index is -0.197. The Morgan fingerprint density at radius 3 is 3.04 bits per heavy atom. The fourth-order valence-corrected chi connectivity index (χ4v) is 2.79. The molecule has 2 aromatic rings. The Morgan fingerprint density at radius 1 is 1.38 bits per heavy atom. The predicted molar refractivity (Wildman–Crippen MR) is 95.0 cm³/mol. The molecule has 1 aromatic carbocycles. The number of carbonyl (C=O) groups excluding carboxylic acids is 1. The molecule has 1 atom stereocenters. The highest BCUT2D eigenvalue weighted by Gasteiger charge is 2.17. The summed E-state index contributed by atoms with van der Waals surface area (Å²) in [5.74, 6) is -0.197. The number of halogens is 1. The van der Waals surface area contributed by atoms with Crippen LogP contribution in [0.1, 0.15) is 28.9 Å². The van der Waals surface area contributed by atoms with Crippen LogP contribution in [0, 0.1) is 6.92 Å². The average molecular weight is 346 g/mol. The molecule has 0 radical (unpaired) electrons. The van der Waals surface area contributed by atoms with Gasteiger partial charge in [-0.25, -0.2) is 0 Å². The third-order valence-electron chi connectivity index (χ3n) is 3.99. The van der Waals surface area contributed by atoms with E-state index in [-0.39, 0.29) is 12.0 Å². The fourth-order valence-electron chi connectivity index (χ4n) is 2.62. The minimum Gasteiger partial charge on any atom is -0.376 e. The lowest BCUT2D eigenvalue weighted by atomic mass is 10.2. The highest BCUT2D eigenvalue weighted by Crippen LogP contribution is 2.24. The Labute approximate surface area is 146 Å². The molecule has 0 bridgehead atoms. The summed E-state index contributed by atoms with van der Waals surface area (Å²) >= 11 is 6.04. The summed E-state index contributed by atoms with van der Waals surface area (Å²) in [5, 5.41) is 6.81. The van der Waals surface area contributed by atoms with E-state index in [1.807, 2.05) is 31.2 Å². The number of hydrogen-bond acceptors (Lipinski definition) is 4. The third-order valence-corrected chi connectivity index (χ3v) is 4.22. The van der Waals surface area contributed by atoms with Crippen molar-refractivity contribution in [3.63, 3.8) is 0 Å². The van der Waals surface area contributed by atoms with Crippen LogP contribution in [0.4, 0.5) is 11.4 Å². The van der Waals surface area contributed by atoms with E-state index in [0.717, 1.165) is 36.4 Å². The number of pyridine rings is 1. The van der Waals surface area contributed by atoms with Crippen LogP contribution in [-0.4, -0.2) is 30.1 Å². The Balaban J connectivity index is 1.66. The van der Waals surface area contributed by atoms with Crippen LogP contribution in [0.3, 0.4) is 0 Å². The first-order valence-electron chi connectivity index (χ1n) is 8.01. The van der Waals surface area contributed by atoms with E-state index in [9.17, 15) is 4.79 Å². The van der Waals surface area contributed by atoms with E-state index in [4.69, 9.17) is 16.3 Å². The van der Waals surface area contributed by atoms with Crippen molar-refractivity contribution >= 4 is 28.9 Å². The van der Waals surface area contributed by atoms with Crippen LogP contribution in [0.2, 0.25) is 5.02 Å². The van der Waals surface area contributed by atoms with Gasteiger partial charge in [0.2, 0.25) is 0 Å². The second-order valence-corrected chi connectivity index (χ2v) is 6.30. The molecule has 3 rings (SSSR count). The number of nitrogens with one attached hydrogen (secondary N) is 2. The zero-order valence-corrected chi connectivity index (χ0v) is 14.3. The molecule has 126 valence electrons. The van der Waals surface area contributed by atoms with Gasteiger partial charge in [-0.15, -0.1) is 0 Å². The van der Waals surface area contributed by atoms with Gasteiger partial charge in [-0.1, -0.05) is 17.7 Å². The topological polar surface area (TPSA) is 63.2 Å². The summed E-state index contributed by atoms with van der Waals surface area (Å²) in [7, 11) is 0. The number of ether oxygens (including phenoxy) is 1. The first-order chi connectivity index (χ1) is 11.6. The maximum Gasteiger partial charge on any atom is 0.270 e. The molecule has 1 aliphatic rings. The van der Waals surface area contributed by atoms with Crippen molar-refractivity contribution < 1.29 is 9.53 Å². The lowest BCUT2D eigenvalue weighted by Crippen LogP contribution is -2.32. The molecular formula is C18H20ClN3O2. The summed E-state index contributed by atoms with van der Waals surface area (Å²) < 4.78 is 5.51. The number of nitrogens with zero attached hydrogens (tertiary/aromatic N) is 1. The van der Waals surface area contributed by atoms with Gasteiger partial charge in [-0.05, 0) is 49.6 Å². The number of hydrogen-bond donors (Lipinski definition) is 2. The summed E-state index contributed by atoms with van der Waals surface area (Å²) in [6.45, 7) is 3.29. The van der Waals surface area contributed by atoms with Gasteiger partial charge in [0, 0.05) is 35.7 Å². The van der Waals surface area contributed by atoms with Gasteiger partial charge in [0.25, 0.3) is 5.91 Å². The zero-order valence-electron chi connectivity index (χ0n) is 13.5. The highest BCUT2D eigenvalue weighted by molar-refractivity contribution is 6.30. The standard InChI is InChI=1S/C18H20ClN3O2/c1-12-4-5-13(19)9-16(12)22-14-6-7-20-17(10-14)18(23)21-11-15-3-2-8-24-15/h4-7,9-10,15H,2-3,8,11H2,1H3,(H,20,22)(H,21,23). The Kier molecular flexibility index (Phi) is 5.33. The van der Waals surface area contributed by atoms with Crippen LogP contribution < -0.4 is 10.6 Å². The summed E-state index contributed by atoms with van der Waals surface area (Å²) in [6, 6.07) is 9.19. The number of aromatic nitrogens is 1. The molecule has 1 amide bonds. The number of rotatable bonds is 5. The molecule has 1 saturated heterocycles. The summed E-state index contributed by atoms with van der Waals surface area (Å²) in [6.07, 6.45) is 3.77. The van der Waals surface area contributed by atoms with Gasteiger partial charge in [0.1, 0.15) is 5.69 Å². The van der Waals surface area contributed by atoms with Crippen molar-refractivity contribution in [3.05, 3.63) is 52.8 Å². The number of aryl methyl sites for hydroxylation is 1. The summed E-state index contributed by atoms with van der Waals surface area (Å²) in [5.41, 5.74) is 3.13. The number of anilines is 2. The lowest BCUT2D eigenvalue weighted by Gasteiger charge is -2.12. The Hall–Kier alpha value is -2.11. The Bertz CT molecular complexity index is 730. The van der Waals surface area contributed by atoms with Gasteiger partial charge in [-0.3, -0.25) is 9.78 Å². The maximum absolute atomic E-state index is 12.2. The maximum atomic E-state index is 12.2. The molecular weight excluding hydrogens is 326 g/mol. The largest absolute Gasteiger partial charge is 0.376 e. The van der Waals surface area contributed by atoms with E-state index in [1.165, 1.54) is 0 Å². The van der Waals surface area contributed by atoms with Gasteiger partial charge < -0.3 is 15.4 Å². The molecule has 5 nitrogen and oxygen atoms in total. The van der Waals surface area contributed by atoms with E-state index in [0.29, 0.717) is 17.3 Å². The van der Waals surface area contributed by atoms with Gasteiger partial charge in [-0.2, -0.15) is 0 Å². The molecule has 2 heterocycles. The zero-order chi connectivity index (χ0) is 16.9. The lowest BCUT2D eigenvalue weighted by molar-refractivity contribution is 0.0854. The second-order valence-electron chi connectivity index (χ2n) is 5.86. The van der Waals surface area contributed by atoms with Crippen molar-refractivity contribution in [1.29, 1.82) is 0 Å². The molecule has 1 unspecified atom stereocenters. The predicted octanol–water partition coefficient (Wildman–Crippen LogP) is 3.70. The molecule has 6 heteroatoms. The first-order valence-corrected chi connectivity index (χ1v) is 8.38. The SMILES string of the molecule is Cc1ccc(Cl)cc1Nc1ccnc(C(=O)NCC2CCCO2)c1. The van der Waals surface area contributed by atoms with Crippen molar-refractivity contribution in [3.8, 4) is 0 Å². The molecule has 0 saturated carbocycles. The first kappa shape index (κ1) is 16.7. The highest BCUT2D eigenvalue weighted by atomic mass is 35.5. The molecule has 1 aromatic heterocycles. The van der Waals surface area contributed by atoms with E-state index < -0.39 is 0 Å². The van der Waals surface area contributed by atoms with E-state index >= 15 is 0 Å². The van der Waals surface area contributed by atoms with Gasteiger partial charge in [0.15, 0.2) is 0 Å². The normalized spacial score (nSPS) is 16.8. The minimum absolute atomic E-state index is 0.115. The molecule has 1 fully saturated rings. The molecule has 1 aliphatic heterocycles. The number of amides is 1. The van der Waals surface area contributed by atoms with Gasteiger partial charge in [0.05, 0.1) is 6.10 Å². The number of carbonyl (C=O) groups is 1. The van der Waals surface area contributed by atoms with Crippen molar-refractivity contribution in [2.45, 2.75) is 25.9 Å². The molecule has 24 heavy (non-hydrogen) atoms. The third kappa shape index (κ3) is 4.24. The van der Waals surface area contributed by atoms with Crippen LogP contribution in [-0.2, 0) is 4.74 Å². The van der Waals surface area contributed by atoms with Gasteiger partial charge >= 0.3 is 0 Å². The second kappa shape index (κ2) is 7.64. The van der Waals surface area contributed by atoms with Crippen molar-refractivity contribution in [2.24, 2.45) is 0 Å². The van der Waals surface area contributed by atoms with Crippen LogP contribution in [0.25, 0.3) is 0 Å². The monoisotopic (exact) mass is 345 g/mol. The van der Waals surface area contributed by atoms with Crippen LogP contribution in [0.5, 0.6) is 0 Å². The molecule has 2 N–H and O–H groups in total. The Morgan fingerprint density at radius 2 is 2.25 bits per heavy atom. The van der Waals surface area contributed by atoms with E-state index in [2.05, 4.69) is 15.6 Å². The van der Waals surface area contributed by atoms with Crippen LogP contribution >= 0.6 is 11.6 Å². The summed E-state index contributed by atoms with van der Waals surface area (Å²) in [4.78, 5) is 16.4. The molecule has 0 spiro atoms. The average Bonchev–Trinajstić information content (AvgIpc) is 3.10. The van der Waals surface area contributed by atoms with Crippen molar-refractivity contribution in [1.82, 2.24) is 10.3 Å². The van der Waals surface area contributed by atoms with E-state index in [1.54, 1.807) is 12.3 Å². The quantitative estimate of drug-likeness (QED) is 0.867. The van der Waals surface area contributed by atoms with Crippen molar-refractivity contribution in [2.75, 3.05) is 18.5 Å². The molecule has 0 aliphatic carbocycles.